The summed E-state index contributed by atoms with van der Waals surface area (Å²) in [6.07, 6.45) is 0. The summed E-state index contributed by atoms with van der Waals surface area (Å²) in [7, 11) is 1.49. The van der Waals surface area contributed by atoms with E-state index < -0.39 is 0 Å². The van der Waals surface area contributed by atoms with Gasteiger partial charge in [-0.3, -0.25) is 14.5 Å². The van der Waals surface area contributed by atoms with Crippen LogP contribution in [0.25, 0.3) is 0 Å². The fourth-order valence-electron chi connectivity index (χ4n) is 3.80. The number of hydrogen-bond donors (Lipinski definition) is 2. The Morgan fingerprint density at radius 1 is 1.12 bits per heavy atom. The lowest BCUT2D eigenvalue weighted by Crippen LogP contribution is -2.44. The lowest BCUT2D eigenvalue weighted by Gasteiger charge is -2.35. The van der Waals surface area contributed by atoms with E-state index in [1.807, 2.05) is 38.1 Å². The van der Waals surface area contributed by atoms with Crippen LogP contribution >= 0.6 is 11.6 Å². The fraction of sp³-hybridized carbons (Fsp3) is 0.440. The molecule has 1 atom stereocenters. The summed E-state index contributed by atoms with van der Waals surface area (Å²) in [6.45, 7) is 6.80. The monoisotopic (exact) mass is 489 g/mol. The van der Waals surface area contributed by atoms with Gasteiger partial charge in [0.25, 0.3) is 11.8 Å². The third kappa shape index (κ3) is 7.09. The molecule has 0 spiro atoms. The number of nitrogens with zero attached hydrogens (tertiary/aromatic N) is 1. The number of carbonyl (C=O) groups is 2. The summed E-state index contributed by atoms with van der Waals surface area (Å²) in [6, 6.07) is 12.5. The Morgan fingerprint density at radius 2 is 1.85 bits per heavy atom. The van der Waals surface area contributed by atoms with Crippen LogP contribution in [0.1, 0.15) is 35.8 Å². The standard InChI is InChI=1S/C25H32ClN3O5/c1-17(2)28-24(30)16-34-22-9-8-18(14-23(22)32-3)25(31)27-15-21(29-10-12-33-13-11-29)19-6-4-5-7-20(19)26/h4-9,14,17,21H,10-13,15-16H2,1-3H3,(H,27,31)(H,28,30). The minimum atomic E-state index is -0.243. The summed E-state index contributed by atoms with van der Waals surface area (Å²) >= 11 is 6.48. The molecule has 1 heterocycles. The normalized spacial score (nSPS) is 15.0. The molecule has 1 aliphatic rings. The van der Waals surface area contributed by atoms with E-state index in [0.29, 0.717) is 41.8 Å². The quantitative estimate of drug-likeness (QED) is 0.533. The van der Waals surface area contributed by atoms with Crippen LogP contribution in [0.2, 0.25) is 5.02 Å². The maximum absolute atomic E-state index is 13.0. The van der Waals surface area contributed by atoms with E-state index in [-0.39, 0.29) is 30.5 Å². The van der Waals surface area contributed by atoms with Crippen molar-refractivity contribution in [3.8, 4) is 11.5 Å². The predicted octanol–water partition coefficient (Wildman–Crippen LogP) is 3.06. The largest absolute Gasteiger partial charge is 0.493 e. The van der Waals surface area contributed by atoms with Gasteiger partial charge in [0, 0.05) is 36.3 Å². The van der Waals surface area contributed by atoms with E-state index >= 15 is 0 Å². The molecule has 2 amide bonds. The molecule has 1 fully saturated rings. The molecule has 0 radical (unpaired) electrons. The van der Waals surface area contributed by atoms with E-state index in [2.05, 4.69) is 15.5 Å². The van der Waals surface area contributed by atoms with Crippen molar-refractivity contribution < 1.29 is 23.8 Å². The zero-order valence-electron chi connectivity index (χ0n) is 19.8. The Labute approximate surface area is 205 Å². The molecule has 1 unspecified atom stereocenters. The number of rotatable bonds is 10. The molecule has 2 aromatic carbocycles. The van der Waals surface area contributed by atoms with E-state index in [4.69, 9.17) is 25.8 Å². The van der Waals surface area contributed by atoms with Crippen molar-refractivity contribution in [3.05, 3.63) is 58.6 Å². The van der Waals surface area contributed by atoms with Gasteiger partial charge in [-0.1, -0.05) is 29.8 Å². The molecule has 3 rings (SSSR count). The van der Waals surface area contributed by atoms with Crippen molar-refractivity contribution in [1.82, 2.24) is 15.5 Å². The van der Waals surface area contributed by atoms with Crippen molar-refractivity contribution in [2.24, 2.45) is 0 Å². The van der Waals surface area contributed by atoms with E-state index in [1.54, 1.807) is 18.2 Å². The van der Waals surface area contributed by atoms with Crippen molar-refractivity contribution in [2.75, 3.05) is 46.6 Å². The van der Waals surface area contributed by atoms with Gasteiger partial charge >= 0.3 is 0 Å². The van der Waals surface area contributed by atoms with Crippen LogP contribution in [0.3, 0.4) is 0 Å². The van der Waals surface area contributed by atoms with E-state index in [9.17, 15) is 9.59 Å². The Kier molecular flexibility index (Phi) is 9.56. The van der Waals surface area contributed by atoms with Crippen molar-refractivity contribution in [1.29, 1.82) is 0 Å². The summed E-state index contributed by atoms with van der Waals surface area (Å²) < 4.78 is 16.4. The second-order valence-electron chi connectivity index (χ2n) is 8.27. The molecular formula is C25H32ClN3O5. The zero-order chi connectivity index (χ0) is 24.5. The highest BCUT2D eigenvalue weighted by molar-refractivity contribution is 6.31. The molecule has 1 aliphatic heterocycles. The number of ether oxygens (including phenoxy) is 3. The number of benzene rings is 2. The minimum Gasteiger partial charge on any atom is -0.493 e. The Balaban J connectivity index is 1.68. The van der Waals surface area contributed by atoms with Gasteiger partial charge in [0.15, 0.2) is 18.1 Å². The summed E-state index contributed by atoms with van der Waals surface area (Å²) in [5, 5.41) is 6.45. The van der Waals surface area contributed by atoms with Crippen molar-refractivity contribution >= 4 is 23.4 Å². The van der Waals surface area contributed by atoms with Gasteiger partial charge in [-0.25, -0.2) is 0 Å². The van der Waals surface area contributed by atoms with Crippen LogP contribution < -0.4 is 20.1 Å². The van der Waals surface area contributed by atoms with Gasteiger partial charge in [-0.2, -0.15) is 0 Å². The second kappa shape index (κ2) is 12.6. The molecule has 1 saturated heterocycles. The van der Waals surface area contributed by atoms with E-state index in [0.717, 1.165) is 18.7 Å². The molecule has 0 bridgehead atoms. The third-order valence-corrected chi connectivity index (χ3v) is 5.79. The summed E-state index contributed by atoms with van der Waals surface area (Å²) in [5.41, 5.74) is 1.39. The average Bonchev–Trinajstić information content (AvgIpc) is 2.84. The van der Waals surface area contributed by atoms with Gasteiger partial charge in [0.1, 0.15) is 0 Å². The van der Waals surface area contributed by atoms with Crippen LogP contribution in [-0.2, 0) is 9.53 Å². The van der Waals surface area contributed by atoms with Gasteiger partial charge in [-0.05, 0) is 43.7 Å². The maximum Gasteiger partial charge on any atom is 0.258 e. The molecule has 184 valence electrons. The van der Waals surface area contributed by atoms with Crippen LogP contribution in [0.5, 0.6) is 11.5 Å². The Hall–Kier alpha value is -2.81. The molecule has 9 heteroatoms. The van der Waals surface area contributed by atoms with Gasteiger partial charge in [-0.15, -0.1) is 0 Å². The summed E-state index contributed by atoms with van der Waals surface area (Å²) in [4.78, 5) is 27.1. The smallest absolute Gasteiger partial charge is 0.258 e. The predicted molar refractivity (Wildman–Crippen MR) is 131 cm³/mol. The highest BCUT2D eigenvalue weighted by atomic mass is 35.5. The molecular weight excluding hydrogens is 458 g/mol. The van der Waals surface area contributed by atoms with Gasteiger partial charge in [0.2, 0.25) is 0 Å². The minimum absolute atomic E-state index is 0.0242. The average molecular weight is 490 g/mol. The number of carbonyl (C=O) groups excluding carboxylic acids is 2. The number of morpholine rings is 1. The van der Waals surface area contributed by atoms with Crippen molar-refractivity contribution in [3.63, 3.8) is 0 Å². The van der Waals surface area contributed by atoms with Crippen LogP contribution in [0, 0.1) is 0 Å². The second-order valence-corrected chi connectivity index (χ2v) is 8.68. The highest BCUT2D eigenvalue weighted by Gasteiger charge is 2.25. The number of hydrogen-bond acceptors (Lipinski definition) is 6. The first-order valence-electron chi connectivity index (χ1n) is 11.3. The van der Waals surface area contributed by atoms with Crippen LogP contribution in [0.4, 0.5) is 0 Å². The number of nitrogens with one attached hydrogen (secondary N) is 2. The van der Waals surface area contributed by atoms with E-state index in [1.165, 1.54) is 7.11 Å². The van der Waals surface area contributed by atoms with Crippen LogP contribution in [-0.4, -0.2) is 69.3 Å². The number of methoxy groups -OCH3 is 1. The molecule has 2 N–H and O–H groups in total. The first kappa shape index (κ1) is 25.8. The number of halogens is 1. The summed E-state index contributed by atoms with van der Waals surface area (Å²) in [5.74, 6) is 0.293. The SMILES string of the molecule is COc1cc(C(=O)NCC(c2ccccc2Cl)N2CCOCC2)ccc1OCC(=O)NC(C)C. The maximum atomic E-state index is 13.0. The highest BCUT2D eigenvalue weighted by Crippen LogP contribution is 2.29. The topological polar surface area (TPSA) is 89.1 Å². The van der Waals surface area contributed by atoms with Crippen LogP contribution in [0.15, 0.2) is 42.5 Å². The third-order valence-electron chi connectivity index (χ3n) is 5.44. The zero-order valence-corrected chi connectivity index (χ0v) is 20.6. The van der Waals surface area contributed by atoms with Crippen molar-refractivity contribution in [2.45, 2.75) is 25.9 Å². The molecule has 0 saturated carbocycles. The first-order chi connectivity index (χ1) is 16.4. The molecule has 2 aromatic rings. The first-order valence-corrected chi connectivity index (χ1v) is 11.7. The molecule has 0 aromatic heterocycles. The Bertz CT molecular complexity index is 979. The lowest BCUT2D eigenvalue weighted by atomic mass is 10.0. The Morgan fingerprint density at radius 3 is 2.53 bits per heavy atom. The van der Waals surface area contributed by atoms with Gasteiger partial charge in [0.05, 0.1) is 26.4 Å². The van der Waals surface area contributed by atoms with Gasteiger partial charge < -0.3 is 24.8 Å². The molecule has 34 heavy (non-hydrogen) atoms. The molecule has 8 nitrogen and oxygen atoms in total. The fourth-order valence-corrected chi connectivity index (χ4v) is 4.06. The lowest BCUT2D eigenvalue weighted by molar-refractivity contribution is -0.123. The number of amides is 2. The molecule has 0 aliphatic carbocycles.